The predicted molar refractivity (Wildman–Crippen MR) is 103 cm³/mol. The number of benzene rings is 1. The molecule has 1 saturated carbocycles. The van der Waals surface area contributed by atoms with E-state index in [1.165, 1.54) is 34.5 Å². The summed E-state index contributed by atoms with van der Waals surface area (Å²) in [4.78, 5) is 22.2. The van der Waals surface area contributed by atoms with Crippen molar-refractivity contribution in [2.24, 2.45) is 5.92 Å². The molecule has 0 saturated heterocycles. The van der Waals surface area contributed by atoms with Crippen LogP contribution in [0.3, 0.4) is 0 Å². The molecule has 2 atom stereocenters. The van der Waals surface area contributed by atoms with Crippen LogP contribution < -0.4 is 5.56 Å². The van der Waals surface area contributed by atoms with Crippen LogP contribution in [0.4, 0.5) is 4.39 Å². The maximum atomic E-state index is 14.3. The zero-order chi connectivity index (χ0) is 21.0. The average molecular weight is 408 g/mol. The molecule has 3 heterocycles. The van der Waals surface area contributed by atoms with Crippen molar-refractivity contribution in [2.45, 2.75) is 25.8 Å². The summed E-state index contributed by atoms with van der Waals surface area (Å²) in [6.45, 7) is 2.46. The van der Waals surface area contributed by atoms with Crippen LogP contribution in [-0.2, 0) is 11.3 Å². The second-order valence-electron chi connectivity index (χ2n) is 7.44. The van der Waals surface area contributed by atoms with Gasteiger partial charge in [-0.2, -0.15) is 10.2 Å². The van der Waals surface area contributed by atoms with Crippen molar-refractivity contribution in [2.75, 3.05) is 13.7 Å². The van der Waals surface area contributed by atoms with Gasteiger partial charge in [-0.1, -0.05) is 12.1 Å². The molecule has 2 unspecified atom stereocenters. The Balaban J connectivity index is 1.80. The van der Waals surface area contributed by atoms with Crippen LogP contribution in [0.5, 0.6) is 0 Å². The number of aromatic nitrogens is 5. The van der Waals surface area contributed by atoms with Crippen LogP contribution in [0.1, 0.15) is 30.7 Å². The van der Waals surface area contributed by atoms with Gasteiger partial charge in [-0.3, -0.25) is 9.20 Å². The fourth-order valence-electron chi connectivity index (χ4n) is 3.81. The van der Waals surface area contributed by atoms with Crippen molar-refractivity contribution in [3.05, 3.63) is 46.0 Å². The number of halogens is 1. The Kier molecular flexibility index (Phi) is 4.15. The van der Waals surface area contributed by atoms with Crippen molar-refractivity contribution in [3.8, 4) is 17.7 Å². The zero-order valence-electron chi connectivity index (χ0n) is 16.3. The van der Waals surface area contributed by atoms with Crippen LogP contribution in [0.15, 0.2) is 27.8 Å². The molecule has 0 radical (unpaired) electrons. The van der Waals surface area contributed by atoms with Crippen molar-refractivity contribution in [3.63, 3.8) is 0 Å². The molecule has 5 rings (SSSR count). The van der Waals surface area contributed by atoms with Gasteiger partial charge in [0.05, 0.1) is 17.6 Å². The SMILES string of the molecule is COCCn1c(=O)c2c(-c3nc(C4CC4C)no3)ncn2c2ccc(F)c(C#N)c21. The maximum Gasteiger partial charge on any atom is 0.278 e. The lowest BCUT2D eigenvalue weighted by Gasteiger charge is -2.13. The van der Waals surface area contributed by atoms with E-state index in [0.29, 0.717) is 17.3 Å². The van der Waals surface area contributed by atoms with Gasteiger partial charge in [-0.25, -0.2) is 9.37 Å². The van der Waals surface area contributed by atoms with Gasteiger partial charge < -0.3 is 13.8 Å². The highest BCUT2D eigenvalue weighted by Gasteiger charge is 2.38. The first kappa shape index (κ1) is 18.4. The van der Waals surface area contributed by atoms with E-state index in [4.69, 9.17) is 9.26 Å². The molecule has 30 heavy (non-hydrogen) atoms. The normalized spacial score (nSPS) is 18.2. The molecule has 9 nitrogen and oxygen atoms in total. The number of methoxy groups -OCH3 is 1. The largest absolute Gasteiger partial charge is 0.383 e. The van der Waals surface area contributed by atoms with E-state index in [1.807, 2.05) is 6.07 Å². The number of hydrogen-bond donors (Lipinski definition) is 0. The maximum absolute atomic E-state index is 14.3. The first-order chi connectivity index (χ1) is 14.5. The molecule has 0 N–H and O–H groups in total. The second-order valence-corrected chi connectivity index (χ2v) is 7.44. The number of hydrogen-bond acceptors (Lipinski definition) is 7. The minimum Gasteiger partial charge on any atom is -0.383 e. The van der Waals surface area contributed by atoms with Gasteiger partial charge in [0.25, 0.3) is 11.4 Å². The van der Waals surface area contributed by atoms with E-state index in [2.05, 4.69) is 22.0 Å². The van der Waals surface area contributed by atoms with Crippen LogP contribution in [-0.4, -0.2) is 37.8 Å². The molecule has 152 valence electrons. The molecule has 1 fully saturated rings. The van der Waals surface area contributed by atoms with Gasteiger partial charge in [0.1, 0.15) is 29.3 Å². The van der Waals surface area contributed by atoms with Crippen LogP contribution in [0.2, 0.25) is 0 Å². The number of fused-ring (bicyclic) bond motifs is 3. The van der Waals surface area contributed by atoms with Gasteiger partial charge in [-0.05, 0) is 24.5 Å². The van der Waals surface area contributed by atoms with E-state index in [9.17, 15) is 14.4 Å². The Morgan fingerprint density at radius 3 is 2.90 bits per heavy atom. The van der Waals surface area contributed by atoms with Crippen LogP contribution in [0.25, 0.3) is 28.1 Å². The Morgan fingerprint density at radius 1 is 1.40 bits per heavy atom. The zero-order valence-corrected chi connectivity index (χ0v) is 16.3. The average Bonchev–Trinajstić information content (AvgIpc) is 3.13. The topological polar surface area (TPSA) is 111 Å². The summed E-state index contributed by atoms with van der Waals surface area (Å²) >= 11 is 0. The third kappa shape index (κ3) is 2.63. The summed E-state index contributed by atoms with van der Waals surface area (Å²) < 4.78 is 27.7. The molecule has 1 aliphatic carbocycles. The number of nitriles is 1. The smallest absolute Gasteiger partial charge is 0.278 e. The highest BCUT2D eigenvalue weighted by Crippen LogP contribution is 2.45. The van der Waals surface area contributed by atoms with Gasteiger partial charge >= 0.3 is 0 Å². The van der Waals surface area contributed by atoms with E-state index < -0.39 is 11.4 Å². The lowest BCUT2D eigenvalue weighted by Crippen LogP contribution is -2.25. The molecule has 0 spiro atoms. The highest BCUT2D eigenvalue weighted by atomic mass is 19.1. The predicted octanol–water partition coefficient (Wildman–Crippen LogP) is 2.48. The second kappa shape index (κ2) is 6.74. The lowest BCUT2D eigenvalue weighted by atomic mass is 10.1. The van der Waals surface area contributed by atoms with Gasteiger partial charge in [-0.15, -0.1) is 0 Å². The van der Waals surface area contributed by atoms with Gasteiger partial charge in [0.2, 0.25) is 0 Å². The van der Waals surface area contributed by atoms with Crippen molar-refractivity contribution in [1.82, 2.24) is 24.1 Å². The number of imidazole rings is 1. The number of nitrogens with zero attached hydrogens (tertiary/aromatic N) is 6. The fourth-order valence-corrected chi connectivity index (χ4v) is 3.81. The Labute approximate surface area is 169 Å². The van der Waals surface area contributed by atoms with E-state index in [1.54, 1.807) is 0 Å². The molecule has 1 aromatic carbocycles. The Bertz CT molecular complexity index is 1400. The third-order valence-electron chi connectivity index (χ3n) is 5.57. The molecule has 0 amide bonds. The fraction of sp³-hybridized carbons (Fsp3) is 0.350. The van der Waals surface area contributed by atoms with Crippen LogP contribution >= 0.6 is 0 Å². The molecule has 3 aromatic heterocycles. The van der Waals surface area contributed by atoms with Crippen molar-refractivity contribution < 1.29 is 13.7 Å². The summed E-state index contributed by atoms with van der Waals surface area (Å²) in [6.07, 6.45) is 2.44. The van der Waals surface area contributed by atoms with Gasteiger partial charge in [0, 0.05) is 19.6 Å². The molecular weight excluding hydrogens is 391 g/mol. The summed E-state index contributed by atoms with van der Waals surface area (Å²) in [6, 6.07) is 4.57. The number of ether oxygens (including phenoxy) is 1. The number of rotatable bonds is 5. The highest BCUT2D eigenvalue weighted by molar-refractivity contribution is 5.87. The Morgan fingerprint density at radius 2 is 2.20 bits per heavy atom. The summed E-state index contributed by atoms with van der Waals surface area (Å²) in [5, 5.41) is 13.5. The van der Waals surface area contributed by atoms with E-state index >= 15 is 0 Å². The monoisotopic (exact) mass is 408 g/mol. The van der Waals surface area contributed by atoms with E-state index in [0.717, 1.165) is 6.42 Å². The van der Waals surface area contributed by atoms with Crippen LogP contribution in [0, 0.1) is 23.1 Å². The van der Waals surface area contributed by atoms with E-state index in [-0.39, 0.29) is 47.3 Å². The molecule has 0 bridgehead atoms. The summed E-state index contributed by atoms with van der Waals surface area (Å²) in [7, 11) is 1.50. The van der Waals surface area contributed by atoms with Crippen molar-refractivity contribution >= 4 is 16.6 Å². The lowest BCUT2D eigenvalue weighted by molar-refractivity contribution is 0.187. The Hall–Kier alpha value is -3.58. The third-order valence-corrected chi connectivity index (χ3v) is 5.57. The quantitative estimate of drug-likeness (QED) is 0.499. The molecule has 0 aliphatic heterocycles. The minimum absolute atomic E-state index is 0.139. The first-order valence-corrected chi connectivity index (χ1v) is 9.50. The molecular formula is C20H17FN6O3. The summed E-state index contributed by atoms with van der Waals surface area (Å²) in [5.74, 6) is 0.827. The standard InChI is InChI=1S/C20H17FN6O3/c1-10-7-11(10)18-24-19(30-25-18)15-17-20(28)26(5-6-29-2)16-12(8-22)13(21)3-4-14(16)27(17)9-23-15/h3-4,9-11H,5-7H2,1-2H3. The first-order valence-electron chi connectivity index (χ1n) is 9.50. The summed E-state index contributed by atoms with van der Waals surface area (Å²) in [5.41, 5.74) is 0.465. The minimum atomic E-state index is -0.699. The van der Waals surface area contributed by atoms with Gasteiger partial charge in [0.15, 0.2) is 11.5 Å². The molecule has 4 aromatic rings. The molecule has 1 aliphatic rings. The van der Waals surface area contributed by atoms with Crippen molar-refractivity contribution in [1.29, 1.82) is 5.26 Å². The molecule has 10 heteroatoms.